The van der Waals surface area contributed by atoms with Crippen LogP contribution in [0, 0.1) is 12.8 Å². The number of benzene rings is 1. The third-order valence-corrected chi connectivity index (χ3v) is 5.91. The van der Waals surface area contributed by atoms with Crippen LogP contribution in [0.4, 0.5) is 0 Å². The third kappa shape index (κ3) is 1.86. The van der Waals surface area contributed by atoms with Gasteiger partial charge in [0, 0.05) is 6.04 Å². The molecule has 19 heavy (non-hydrogen) atoms. The monoisotopic (exact) mass is 255 g/mol. The Morgan fingerprint density at radius 2 is 2.11 bits per heavy atom. The second kappa shape index (κ2) is 4.34. The molecule has 0 aromatic heterocycles. The van der Waals surface area contributed by atoms with E-state index in [1.54, 1.807) is 11.1 Å². The van der Waals surface area contributed by atoms with Crippen LogP contribution >= 0.6 is 0 Å². The molecule has 1 heterocycles. The van der Waals surface area contributed by atoms with E-state index in [-0.39, 0.29) is 0 Å². The minimum atomic E-state index is 0.601. The fourth-order valence-electron chi connectivity index (χ4n) is 4.79. The van der Waals surface area contributed by atoms with Gasteiger partial charge >= 0.3 is 0 Å². The van der Waals surface area contributed by atoms with Crippen LogP contribution in [0.3, 0.4) is 0 Å². The number of rotatable bonds is 2. The zero-order valence-corrected chi connectivity index (χ0v) is 12.0. The van der Waals surface area contributed by atoms with Crippen molar-refractivity contribution in [1.82, 2.24) is 5.32 Å². The molecule has 1 aromatic rings. The molecule has 0 bridgehead atoms. The topological polar surface area (TPSA) is 12.0 Å². The average molecular weight is 255 g/mol. The summed E-state index contributed by atoms with van der Waals surface area (Å²) in [6, 6.07) is 7.96. The lowest BCUT2D eigenvalue weighted by atomic mass is 9.80. The van der Waals surface area contributed by atoms with E-state index < -0.39 is 0 Å². The fraction of sp³-hybridized carbons (Fsp3) is 0.667. The molecule has 0 amide bonds. The van der Waals surface area contributed by atoms with Gasteiger partial charge in [-0.2, -0.15) is 0 Å². The molecule has 4 rings (SSSR count). The van der Waals surface area contributed by atoms with Gasteiger partial charge in [-0.1, -0.05) is 31.0 Å². The number of hydrogen-bond donors (Lipinski definition) is 1. The van der Waals surface area contributed by atoms with Crippen molar-refractivity contribution in [3.63, 3.8) is 0 Å². The van der Waals surface area contributed by atoms with E-state index in [2.05, 4.69) is 30.4 Å². The van der Waals surface area contributed by atoms with E-state index in [1.807, 2.05) is 0 Å². The van der Waals surface area contributed by atoms with Crippen molar-refractivity contribution in [2.24, 2.45) is 5.92 Å². The van der Waals surface area contributed by atoms with Crippen molar-refractivity contribution >= 4 is 0 Å². The fourth-order valence-corrected chi connectivity index (χ4v) is 4.79. The van der Waals surface area contributed by atoms with Crippen molar-refractivity contribution < 1.29 is 0 Å². The van der Waals surface area contributed by atoms with Gasteiger partial charge in [-0.3, -0.25) is 0 Å². The summed E-state index contributed by atoms with van der Waals surface area (Å²) in [4.78, 5) is 0. The van der Waals surface area contributed by atoms with E-state index in [4.69, 9.17) is 0 Å². The van der Waals surface area contributed by atoms with E-state index >= 15 is 0 Å². The van der Waals surface area contributed by atoms with Crippen molar-refractivity contribution in [2.75, 3.05) is 6.54 Å². The molecule has 1 aromatic carbocycles. The summed E-state index contributed by atoms with van der Waals surface area (Å²) in [5.74, 6) is 1.01. The summed E-state index contributed by atoms with van der Waals surface area (Å²) >= 11 is 0. The Hall–Kier alpha value is -0.820. The zero-order valence-electron chi connectivity index (χ0n) is 12.0. The lowest BCUT2D eigenvalue weighted by Crippen LogP contribution is -2.17. The van der Waals surface area contributed by atoms with Gasteiger partial charge in [0.2, 0.25) is 0 Å². The molecule has 3 unspecified atom stereocenters. The second-order valence-corrected chi connectivity index (χ2v) is 7.03. The molecular weight excluding hydrogens is 230 g/mol. The van der Waals surface area contributed by atoms with Gasteiger partial charge in [0.15, 0.2) is 0 Å². The Morgan fingerprint density at radius 3 is 2.84 bits per heavy atom. The smallest absolute Gasteiger partial charge is 0.0320 e. The van der Waals surface area contributed by atoms with Gasteiger partial charge in [-0.05, 0) is 73.6 Å². The lowest BCUT2D eigenvalue weighted by molar-refractivity contribution is 0.427. The van der Waals surface area contributed by atoms with Crippen LogP contribution in [0.15, 0.2) is 18.2 Å². The molecule has 0 radical (unpaired) electrons. The Balaban J connectivity index is 1.63. The van der Waals surface area contributed by atoms with Gasteiger partial charge in [0.25, 0.3) is 0 Å². The molecule has 2 saturated carbocycles. The SMILES string of the molecule is Cc1cc(C2CCCN2)ccc1C12CCCCC1C2. The van der Waals surface area contributed by atoms with Gasteiger partial charge in [-0.15, -0.1) is 0 Å². The van der Waals surface area contributed by atoms with E-state index in [9.17, 15) is 0 Å². The molecular formula is C18H25N. The van der Waals surface area contributed by atoms with Crippen LogP contribution in [-0.4, -0.2) is 6.54 Å². The van der Waals surface area contributed by atoms with E-state index in [1.165, 1.54) is 57.1 Å². The van der Waals surface area contributed by atoms with Crippen molar-refractivity contribution in [1.29, 1.82) is 0 Å². The van der Waals surface area contributed by atoms with Crippen LogP contribution in [-0.2, 0) is 5.41 Å². The first-order valence-corrected chi connectivity index (χ1v) is 8.14. The van der Waals surface area contributed by atoms with E-state index in [0.29, 0.717) is 11.5 Å². The molecule has 3 atom stereocenters. The van der Waals surface area contributed by atoms with Crippen molar-refractivity contribution in [2.45, 2.75) is 63.3 Å². The van der Waals surface area contributed by atoms with Crippen LogP contribution in [0.1, 0.15) is 67.7 Å². The highest BCUT2D eigenvalue weighted by molar-refractivity contribution is 5.43. The highest BCUT2D eigenvalue weighted by Gasteiger charge is 2.55. The molecule has 1 N–H and O–H groups in total. The predicted octanol–water partition coefficient (Wildman–Crippen LogP) is 4.25. The first-order valence-electron chi connectivity index (χ1n) is 8.14. The predicted molar refractivity (Wildman–Crippen MR) is 79.4 cm³/mol. The summed E-state index contributed by atoms with van der Waals surface area (Å²) in [6.07, 6.45) is 9.95. The van der Waals surface area contributed by atoms with Crippen LogP contribution < -0.4 is 5.32 Å². The molecule has 1 heteroatoms. The van der Waals surface area contributed by atoms with Gasteiger partial charge < -0.3 is 5.32 Å². The summed E-state index contributed by atoms with van der Waals surface area (Å²) in [7, 11) is 0. The average Bonchev–Trinajstić information content (AvgIpc) is 2.91. The highest BCUT2D eigenvalue weighted by Crippen LogP contribution is 2.62. The first-order chi connectivity index (χ1) is 9.29. The number of aryl methyl sites for hydroxylation is 1. The van der Waals surface area contributed by atoms with Gasteiger partial charge in [0.1, 0.15) is 0 Å². The molecule has 1 aliphatic heterocycles. The normalized spacial score (nSPS) is 37.1. The molecule has 102 valence electrons. The van der Waals surface area contributed by atoms with Gasteiger partial charge in [-0.25, -0.2) is 0 Å². The second-order valence-electron chi connectivity index (χ2n) is 7.03. The largest absolute Gasteiger partial charge is 0.310 e. The Bertz CT molecular complexity index is 486. The molecule has 3 aliphatic rings. The number of fused-ring (bicyclic) bond motifs is 1. The maximum atomic E-state index is 3.62. The zero-order chi connectivity index (χ0) is 12.9. The Kier molecular flexibility index (Phi) is 2.73. The maximum absolute atomic E-state index is 3.62. The van der Waals surface area contributed by atoms with Crippen molar-refractivity contribution in [3.05, 3.63) is 34.9 Å². The Labute approximate surface area is 116 Å². The van der Waals surface area contributed by atoms with Crippen LogP contribution in [0.2, 0.25) is 0 Å². The highest BCUT2D eigenvalue weighted by atomic mass is 14.9. The summed E-state index contributed by atoms with van der Waals surface area (Å²) < 4.78 is 0. The van der Waals surface area contributed by atoms with Gasteiger partial charge in [0.05, 0.1) is 0 Å². The standard InChI is InChI=1S/C18H25N/c1-13-11-14(17-6-4-10-19-17)7-8-16(13)18-9-3-2-5-15(18)12-18/h7-8,11,15,17,19H,2-6,9-10,12H2,1H3. The minimum absolute atomic E-state index is 0.601. The van der Waals surface area contributed by atoms with Crippen LogP contribution in [0.5, 0.6) is 0 Å². The summed E-state index contributed by atoms with van der Waals surface area (Å²) in [5.41, 5.74) is 5.35. The van der Waals surface area contributed by atoms with E-state index in [0.717, 1.165) is 5.92 Å². The molecule has 2 aliphatic carbocycles. The first kappa shape index (κ1) is 12.0. The molecule has 1 nitrogen and oxygen atoms in total. The molecule has 3 fully saturated rings. The quantitative estimate of drug-likeness (QED) is 0.833. The third-order valence-electron chi connectivity index (χ3n) is 5.91. The minimum Gasteiger partial charge on any atom is -0.310 e. The molecule has 0 spiro atoms. The number of hydrogen-bond acceptors (Lipinski definition) is 1. The Morgan fingerprint density at radius 1 is 1.16 bits per heavy atom. The lowest BCUT2D eigenvalue weighted by Gasteiger charge is -2.25. The maximum Gasteiger partial charge on any atom is 0.0320 e. The summed E-state index contributed by atoms with van der Waals surface area (Å²) in [6.45, 7) is 3.53. The summed E-state index contributed by atoms with van der Waals surface area (Å²) in [5, 5.41) is 3.62. The molecule has 1 saturated heterocycles. The van der Waals surface area contributed by atoms with Crippen molar-refractivity contribution in [3.8, 4) is 0 Å². The number of nitrogens with one attached hydrogen (secondary N) is 1. The van der Waals surface area contributed by atoms with Crippen LogP contribution in [0.25, 0.3) is 0 Å².